The third kappa shape index (κ3) is 4.13. The van der Waals surface area contributed by atoms with Crippen molar-refractivity contribution in [3.63, 3.8) is 0 Å². The molecule has 2 atom stereocenters. The van der Waals surface area contributed by atoms with Crippen LogP contribution in [0.25, 0.3) is 0 Å². The Morgan fingerprint density at radius 1 is 1.35 bits per heavy atom. The summed E-state index contributed by atoms with van der Waals surface area (Å²) in [6.07, 6.45) is -0.463. The molecule has 0 aliphatic rings. The lowest BCUT2D eigenvalue weighted by atomic mass is 10.1. The third-order valence-corrected chi connectivity index (χ3v) is 3.11. The Morgan fingerprint density at radius 2 is 2.05 bits per heavy atom. The first kappa shape index (κ1) is 16.3. The van der Waals surface area contributed by atoms with Crippen molar-refractivity contribution in [2.24, 2.45) is 0 Å². The lowest BCUT2D eigenvalue weighted by Gasteiger charge is -2.18. The van der Waals surface area contributed by atoms with Gasteiger partial charge < -0.3 is 19.9 Å². The van der Waals surface area contributed by atoms with E-state index < -0.39 is 12.1 Å². The van der Waals surface area contributed by atoms with Gasteiger partial charge in [0.05, 0.1) is 7.11 Å². The molecule has 0 bridgehead atoms. The van der Waals surface area contributed by atoms with E-state index in [1.807, 2.05) is 19.1 Å². The second-order valence-corrected chi connectivity index (χ2v) is 4.54. The Bertz CT molecular complexity index is 447. The summed E-state index contributed by atoms with van der Waals surface area (Å²) in [5, 5.41) is 12.3. The number of methoxy groups -OCH3 is 1. The Labute approximate surface area is 119 Å². The highest BCUT2D eigenvalue weighted by atomic mass is 16.5. The highest BCUT2D eigenvalue weighted by Gasteiger charge is 2.19. The first-order valence-electron chi connectivity index (χ1n) is 6.84. The Hall–Kier alpha value is -1.75. The summed E-state index contributed by atoms with van der Waals surface area (Å²) in [5.41, 5.74) is 1.07. The van der Waals surface area contributed by atoms with Crippen molar-refractivity contribution in [1.29, 1.82) is 0 Å². The fraction of sp³-hybridized carbons (Fsp3) is 0.533. The van der Waals surface area contributed by atoms with Gasteiger partial charge in [-0.15, -0.1) is 0 Å². The average Bonchev–Trinajstić information content (AvgIpc) is 2.44. The first-order chi connectivity index (χ1) is 9.53. The zero-order chi connectivity index (χ0) is 15.1. The molecule has 0 fully saturated rings. The van der Waals surface area contributed by atoms with E-state index in [0.717, 1.165) is 12.1 Å². The van der Waals surface area contributed by atoms with Crippen molar-refractivity contribution in [3.8, 4) is 11.5 Å². The third-order valence-electron chi connectivity index (χ3n) is 3.11. The van der Waals surface area contributed by atoms with Gasteiger partial charge in [-0.05, 0) is 37.6 Å². The molecule has 1 aromatic rings. The van der Waals surface area contributed by atoms with Crippen LogP contribution in [-0.2, 0) is 4.79 Å². The minimum Gasteiger partial charge on any atom is -0.493 e. The second-order valence-electron chi connectivity index (χ2n) is 4.54. The molecule has 0 aliphatic heterocycles. The van der Waals surface area contributed by atoms with Gasteiger partial charge >= 0.3 is 5.97 Å². The van der Waals surface area contributed by atoms with E-state index in [1.165, 1.54) is 0 Å². The van der Waals surface area contributed by atoms with E-state index in [4.69, 9.17) is 14.6 Å². The maximum Gasteiger partial charge on any atom is 0.344 e. The highest BCUT2D eigenvalue weighted by molar-refractivity contribution is 5.72. The van der Waals surface area contributed by atoms with Gasteiger partial charge in [-0.25, -0.2) is 4.79 Å². The SMILES string of the molecule is CCNC(C)c1ccc(OC(CC)C(=O)O)c(OC)c1. The van der Waals surface area contributed by atoms with Crippen LogP contribution in [0.2, 0.25) is 0 Å². The number of carboxylic acid groups (broad SMARTS) is 1. The standard InChI is InChI=1S/C15H23NO4/c1-5-12(15(17)18)20-13-8-7-11(9-14(13)19-4)10(3)16-6-2/h7-10,12,16H,5-6H2,1-4H3,(H,17,18). The molecule has 2 N–H and O–H groups in total. The number of nitrogens with one attached hydrogen (secondary N) is 1. The molecule has 5 nitrogen and oxygen atoms in total. The normalized spacial score (nSPS) is 13.6. The first-order valence-corrected chi connectivity index (χ1v) is 6.84. The summed E-state index contributed by atoms with van der Waals surface area (Å²) in [6.45, 7) is 6.75. The summed E-state index contributed by atoms with van der Waals surface area (Å²) in [7, 11) is 1.55. The molecular formula is C15H23NO4. The minimum atomic E-state index is -0.973. The molecule has 0 heterocycles. The van der Waals surface area contributed by atoms with Crippen molar-refractivity contribution in [2.45, 2.75) is 39.3 Å². The lowest BCUT2D eigenvalue weighted by molar-refractivity contribution is -0.145. The molecule has 112 valence electrons. The van der Waals surface area contributed by atoms with Crippen LogP contribution in [0.1, 0.15) is 38.8 Å². The van der Waals surface area contributed by atoms with Crippen LogP contribution in [0.15, 0.2) is 18.2 Å². The Balaban J connectivity index is 2.95. The minimum absolute atomic E-state index is 0.199. The fourth-order valence-electron chi connectivity index (χ4n) is 1.94. The van der Waals surface area contributed by atoms with Gasteiger partial charge in [0, 0.05) is 6.04 Å². The molecular weight excluding hydrogens is 258 g/mol. The van der Waals surface area contributed by atoms with Crippen LogP contribution in [0.5, 0.6) is 11.5 Å². The van der Waals surface area contributed by atoms with Crippen molar-refractivity contribution in [3.05, 3.63) is 23.8 Å². The van der Waals surface area contributed by atoms with Crippen molar-refractivity contribution < 1.29 is 19.4 Å². The van der Waals surface area contributed by atoms with Gasteiger partial charge in [-0.1, -0.05) is 19.9 Å². The fourth-order valence-corrected chi connectivity index (χ4v) is 1.94. The smallest absolute Gasteiger partial charge is 0.344 e. The molecule has 1 rings (SSSR count). The zero-order valence-corrected chi connectivity index (χ0v) is 12.5. The summed E-state index contributed by atoms with van der Waals surface area (Å²) in [6, 6.07) is 5.74. The van der Waals surface area contributed by atoms with E-state index in [0.29, 0.717) is 17.9 Å². The number of benzene rings is 1. The van der Waals surface area contributed by atoms with E-state index in [2.05, 4.69) is 12.2 Å². The van der Waals surface area contributed by atoms with Crippen LogP contribution in [0.4, 0.5) is 0 Å². The van der Waals surface area contributed by atoms with Gasteiger partial charge in [0.25, 0.3) is 0 Å². The molecule has 0 amide bonds. The number of aliphatic carboxylic acids is 1. The maximum atomic E-state index is 11.0. The molecule has 0 aromatic heterocycles. The molecule has 5 heteroatoms. The Morgan fingerprint density at radius 3 is 2.55 bits per heavy atom. The second kappa shape index (κ2) is 7.75. The van der Waals surface area contributed by atoms with Gasteiger partial charge in [0.15, 0.2) is 17.6 Å². The monoisotopic (exact) mass is 281 g/mol. The van der Waals surface area contributed by atoms with E-state index >= 15 is 0 Å². The van der Waals surface area contributed by atoms with Crippen LogP contribution in [0, 0.1) is 0 Å². The number of carbonyl (C=O) groups is 1. The molecule has 20 heavy (non-hydrogen) atoms. The summed E-state index contributed by atoms with van der Waals surface area (Å²) >= 11 is 0. The zero-order valence-electron chi connectivity index (χ0n) is 12.5. The van der Waals surface area contributed by atoms with Gasteiger partial charge in [0.1, 0.15) is 0 Å². The summed E-state index contributed by atoms with van der Waals surface area (Å²) < 4.78 is 10.8. The van der Waals surface area contributed by atoms with Crippen molar-refractivity contribution >= 4 is 5.97 Å². The number of rotatable bonds is 8. The molecule has 1 aromatic carbocycles. The van der Waals surface area contributed by atoms with E-state index in [-0.39, 0.29) is 6.04 Å². The van der Waals surface area contributed by atoms with Crippen LogP contribution < -0.4 is 14.8 Å². The molecule has 2 unspecified atom stereocenters. The largest absolute Gasteiger partial charge is 0.493 e. The van der Waals surface area contributed by atoms with Crippen LogP contribution >= 0.6 is 0 Å². The molecule has 0 saturated carbocycles. The summed E-state index contributed by atoms with van der Waals surface area (Å²) in [5.74, 6) is 0.0285. The van der Waals surface area contributed by atoms with E-state index in [9.17, 15) is 4.79 Å². The van der Waals surface area contributed by atoms with Crippen molar-refractivity contribution in [1.82, 2.24) is 5.32 Å². The topological polar surface area (TPSA) is 67.8 Å². The lowest BCUT2D eigenvalue weighted by Crippen LogP contribution is -2.26. The number of hydrogen-bond donors (Lipinski definition) is 2. The quantitative estimate of drug-likeness (QED) is 0.766. The molecule has 0 radical (unpaired) electrons. The van der Waals surface area contributed by atoms with Crippen LogP contribution in [0.3, 0.4) is 0 Å². The van der Waals surface area contributed by atoms with Gasteiger partial charge in [0.2, 0.25) is 0 Å². The highest BCUT2D eigenvalue weighted by Crippen LogP contribution is 2.31. The predicted octanol–water partition coefficient (Wildman–Crippen LogP) is 2.61. The Kier molecular flexibility index (Phi) is 6.31. The predicted molar refractivity (Wildman–Crippen MR) is 77.4 cm³/mol. The number of hydrogen-bond acceptors (Lipinski definition) is 4. The average molecular weight is 281 g/mol. The van der Waals surface area contributed by atoms with Gasteiger partial charge in [-0.3, -0.25) is 0 Å². The number of ether oxygens (including phenoxy) is 2. The molecule has 0 spiro atoms. The molecule has 0 saturated heterocycles. The number of carboxylic acids is 1. The van der Waals surface area contributed by atoms with E-state index in [1.54, 1.807) is 20.1 Å². The van der Waals surface area contributed by atoms with Gasteiger partial charge in [-0.2, -0.15) is 0 Å². The van der Waals surface area contributed by atoms with Crippen molar-refractivity contribution in [2.75, 3.05) is 13.7 Å². The van der Waals surface area contributed by atoms with Crippen LogP contribution in [-0.4, -0.2) is 30.8 Å². The summed E-state index contributed by atoms with van der Waals surface area (Å²) in [4.78, 5) is 11.0. The maximum absolute atomic E-state index is 11.0. The molecule has 0 aliphatic carbocycles.